The van der Waals surface area contributed by atoms with Crippen LogP contribution >= 0.6 is 11.3 Å². The van der Waals surface area contributed by atoms with Gasteiger partial charge in [-0.2, -0.15) is 8.78 Å². The van der Waals surface area contributed by atoms with Crippen LogP contribution in [0, 0.1) is 6.92 Å². The van der Waals surface area contributed by atoms with Crippen molar-refractivity contribution in [3.63, 3.8) is 0 Å². The van der Waals surface area contributed by atoms with Crippen molar-refractivity contribution < 1.29 is 18.3 Å². The Bertz CT molecular complexity index is 704. The van der Waals surface area contributed by atoms with E-state index in [2.05, 4.69) is 10.1 Å². The molecule has 3 rings (SSSR count). The highest BCUT2D eigenvalue weighted by molar-refractivity contribution is 7.14. The molecule has 0 spiro atoms. The number of rotatable bonds is 4. The van der Waals surface area contributed by atoms with Crippen LogP contribution < -0.4 is 10.1 Å². The fraction of sp³-hybridized carbons (Fsp3) is 0.353. The van der Waals surface area contributed by atoms with Crippen molar-refractivity contribution in [1.82, 2.24) is 0 Å². The summed E-state index contributed by atoms with van der Waals surface area (Å²) in [5.41, 5.74) is 2.24. The highest BCUT2D eigenvalue weighted by Crippen LogP contribution is 2.31. The van der Waals surface area contributed by atoms with E-state index >= 15 is 0 Å². The van der Waals surface area contributed by atoms with Gasteiger partial charge in [-0.3, -0.25) is 4.79 Å². The van der Waals surface area contributed by atoms with Gasteiger partial charge in [0.15, 0.2) is 0 Å². The molecule has 3 nitrogen and oxygen atoms in total. The molecule has 0 radical (unpaired) electrons. The van der Waals surface area contributed by atoms with Crippen LogP contribution in [0.5, 0.6) is 5.75 Å². The van der Waals surface area contributed by atoms with E-state index in [0.717, 1.165) is 19.3 Å². The zero-order chi connectivity index (χ0) is 16.4. The second kappa shape index (κ2) is 6.66. The van der Waals surface area contributed by atoms with E-state index in [1.54, 1.807) is 19.1 Å². The Morgan fingerprint density at radius 3 is 2.83 bits per heavy atom. The molecular weight excluding hydrogens is 320 g/mol. The minimum Gasteiger partial charge on any atom is -0.434 e. The number of fused-ring (bicyclic) bond motifs is 1. The summed E-state index contributed by atoms with van der Waals surface area (Å²) in [6.45, 7) is -1.24. The summed E-state index contributed by atoms with van der Waals surface area (Å²) < 4.78 is 29.2. The molecule has 0 bridgehead atoms. The minimum atomic E-state index is -2.89. The van der Waals surface area contributed by atoms with Gasteiger partial charge in [0, 0.05) is 16.1 Å². The van der Waals surface area contributed by atoms with Crippen molar-refractivity contribution in [1.29, 1.82) is 0 Å². The predicted octanol–water partition coefficient (Wildman–Crippen LogP) is 4.79. The number of hydrogen-bond donors (Lipinski definition) is 1. The summed E-state index contributed by atoms with van der Waals surface area (Å²) in [7, 11) is 0. The van der Waals surface area contributed by atoms with Crippen molar-refractivity contribution in [2.24, 2.45) is 0 Å². The number of hydrogen-bond acceptors (Lipinski definition) is 3. The van der Waals surface area contributed by atoms with Crippen molar-refractivity contribution in [3.8, 4) is 5.75 Å². The van der Waals surface area contributed by atoms with Crippen LogP contribution in [-0.4, -0.2) is 12.5 Å². The number of carbonyl (C=O) groups is 1. The van der Waals surface area contributed by atoms with E-state index in [9.17, 15) is 13.6 Å². The molecule has 1 amide bonds. The van der Waals surface area contributed by atoms with Gasteiger partial charge in [0.1, 0.15) is 5.75 Å². The summed E-state index contributed by atoms with van der Waals surface area (Å²) in [5.74, 6) is -0.134. The van der Waals surface area contributed by atoms with Crippen LogP contribution in [0.4, 0.5) is 14.5 Å². The first-order chi connectivity index (χ1) is 11.0. The molecule has 1 aromatic heterocycles. The summed E-state index contributed by atoms with van der Waals surface area (Å²) in [5, 5.41) is 2.80. The third-order valence-corrected chi connectivity index (χ3v) is 5.20. The van der Waals surface area contributed by atoms with Crippen LogP contribution in [0.25, 0.3) is 0 Å². The van der Waals surface area contributed by atoms with Crippen LogP contribution in [0.3, 0.4) is 0 Å². The number of ether oxygens (including phenoxy) is 1. The average Bonchev–Trinajstić information content (AvgIpc) is 2.95. The van der Waals surface area contributed by atoms with Crippen LogP contribution in [0.1, 0.15) is 38.5 Å². The maximum Gasteiger partial charge on any atom is 0.387 e. The summed E-state index contributed by atoms with van der Waals surface area (Å²) in [6, 6.07) is 6.67. The molecule has 0 saturated heterocycles. The Kier molecular flexibility index (Phi) is 4.61. The number of amides is 1. The molecule has 122 valence electrons. The van der Waals surface area contributed by atoms with Gasteiger partial charge in [0.2, 0.25) is 0 Å². The molecule has 23 heavy (non-hydrogen) atoms. The fourth-order valence-electron chi connectivity index (χ4n) is 2.76. The van der Waals surface area contributed by atoms with E-state index < -0.39 is 6.61 Å². The maximum absolute atomic E-state index is 12.4. The lowest BCUT2D eigenvalue weighted by Gasteiger charge is -2.12. The molecule has 2 aromatic rings. The number of alkyl halides is 2. The van der Waals surface area contributed by atoms with Gasteiger partial charge in [0.25, 0.3) is 5.91 Å². The highest BCUT2D eigenvalue weighted by Gasteiger charge is 2.18. The monoisotopic (exact) mass is 337 g/mol. The molecule has 0 fully saturated rings. The Hall–Kier alpha value is -1.95. The van der Waals surface area contributed by atoms with E-state index in [1.165, 1.54) is 34.3 Å². The molecule has 0 aliphatic heterocycles. The Morgan fingerprint density at radius 2 is 2.09 bits per heavy atom. The Balaban J connectivity index is 1.79. The number of nitrogens with one attached hydrogen (secondary N) is 1. The molecular formula is C17H17F2NO2S. The van der Waals surface area contributed by atoms with Gasteiger partial charge < -0.3 is 10.1 Å². The van der Waals surface area contributed by atoms with Crippen molar-refractivity contribution >= 4 is 22.9 Å². The molecule has 0 saturated carbocycles. The summed E-state index contributed by atoms with van der Waals surface area (Å²) >= 11 is 1.52. The predicted molar refractivity (Wildman–Crippen MR) is 86.7 cm³/mol. The second-order valence-corrected chi connectivity index (χ2v) is 6.66. The number of thiophene rings is 1. The first kappa shape index (κ1) is 15.9. The van der Waals surface area contributed by atoms with Crippen molar-refractivity contribution in [3.05, 3.63) is 45.1 Å². The van der Waals surface area contributed by atoms with Gasteiger partial charge in [-0.25, -0.2) is 0 Å². The average molecular weight is 337 g/mol. The van der Waals surface area contributed by atoms with Gasteiger partial charge in [0.05, 0.1) is 4.88 Å². The van der Waals surface area contributed by atoms with Crippen LogP contribution in [0.15, 0.2) is 24.3 Å². The minimum absolute atomic E-state index is 0.0725. The molecule has 0 atom stereocenters. The third-order valence-electron chi connectivity index (χ3n) is 3.97. The standard InChI is InChI=1S/C17H17F2NO2S/c1-10-12(6-4-7-13(10)22-17(18)19)20-16(21)15-9-11-5-2-3-8-14(11)23-15/h4,6-7,9,17H,2-3,5,8H2,1H3,(H,20,21). The number of halogens is 2. The second-order valence-electron chi connectivity index (χ2n) is 5.53. The summed E-state index contributed by atoms with van der Waals surface area (Å²) in [4.78, 5) is 14.4. The van der Waals surface area contributed by atoms with Gasteiger partial charge in [-0.1, -0.05) is 6.07 Å². The zero-order valence-corrected chi connectivity index (χ0v) is 13.5. The first-order valence-electron chi connectivity index (χ1n) is 7.52. The molecule has 1 N–H and O–H groups in total. The van der Waals surface area contributed by atoms with E-state index in [4.69, 9.17) is 0 Å². The van der Waals surface area contributed by atoms with E-state index in [1.807, 2.05) is 6.07 Å². The quantitative estimate of drug-likeness (QED) is 0.871. The molecule has 1 aliphatic rings. The number of carbonyl (C=O) groups excluding carboxylic acids is 1. The SMILES string of the molecule is Cc1c(NC(=O)c2cc3c(s2)CCCC3)cccc1OC(F)F. The molecule has 1 aliphatic carbocycles. The van der Waals surface area contributed by atoms with Crippen molar-refractivity contribution in [2.75, 3.05) is 5.32 Å². The number of aryl methyl sites for hydroxylation is 2. The Morgan fingerprint density at radius 1 is 1.30 bits per heavy atom. The highest BCUT2D eigenvalue weighted by atomic mass is 32.1. The fourth-order valence-corrected chi connectivity index (χ4v) is 3.91. The van der Waals surface area contributed by atoms with Gasteiger partial charge in [-0.15, -0.1) is 11.3 Å². The molecule has 6 heteroatoms. The first-order valence-corrected chi connectivity index (χ1v) is 8.33. The molecule has 1 heterocycles. The van der Waals surface area contributed by atoms with Gasteiger partial charge >= 0.3 is 6.61 Å². The third kappa shape index (κ3) is 3.52. The largest absolute Gasteiger partial charge is 0.434 e. The summed E-state index contributed by atoms with van der Waals surface area (Å²) in [6.07, 6.45) is 4.39. The molecule has 0 unspecified atom stereocenters. The number of benzene rings is 1. The van der Waals surface area contributed by atoms with Gasteiger partial charge in [-0.05, 0) is 56.4 Å². The Labute approximate surface area is 137 Å². The lowest BCUT2D eigenvalue weighted by Crippen LogP contribution is -2.12. The van der Waals surface area contributed by atoms with Crippen molar-refractivity contribution in [2.45, 2.75) is 39.2 Å². The van der Waals surface area contributed by atoms with Crippen LogP contribution in [-0.2, 0) is 12.8 Å². The van der Waals surface area contributed by atoms with E-state index in [0.29, 0.717) is 16.1 Å². The lowest BCUT2D eigenvalue weighted by molar-refractivity contribution is -0.0502. The van der Waals surface area contributed by atoms with Crippen LogP contribution in [0.2, 0.25) is 0 Å². The number of anilines is 1. The molecule has 1 aromatic carbocycles. The van der Waals surface area contributed by atoms with E-state index in [-0.39, 0.29) is 11.7 Å². The maximum atomic E-state index is 12.4. The lowest BCUT2D eigenvalue weighted by atomic mass is 9.99. The normalized spacial score (nSPS) is 13.7. The topological polar surface area (TPSA) is 38.3 Å². The zero-order valence-electron chi connectivity index (χ0n) is 12.7. The smallest absolute Gasteiger partial charge is 0.387 e.